The summed E-state index contributed by atoms with van der Waals surface area (Å²) in [4.78, 5) is -0.0894. The Labute approximate surface area is 197 Å². The van der Waals surface area contributed by atoms with Crippen molar-refractivity contribution in [3.8, 4) is 22.4 Å². The van der Waals surface area contributed by atoms with Gasteiger partial charge in [0.05, 0.1) is 16.2 Å². The van der Waals surface area contributed by atoms with Crippen LogP contribution in [0.5, 0.6) is 0 Å². The molecule has 3 aromatic carbocycles. The van der Waals surface area contributed by atoms with Crippen molar-refractivity contribution >= 4 is 37.9 Å². The molecule has 0 radical (unpaired) electrons. The van der Waals surface area contributed by atoms with Gasteiger partial charge >= 0.3 is 6.18 Å². The van der Waals surface area contributed by atoms with Crippen molar-refractivity contribution in [1.29, 1.82) is 0 Å². The zero-order chi connectivity index (χ0) is 24.7. The van der Waals surface area contributed by atoms with E-state index in [2.05, 4.69) is 9.50 Å². The number of halogens is 3. The highest BCUT2D eigenvalue weighted by Gasteiger charge is 2.31. The van der Waals surface area contributed by atoms with Crippen molar-refractivity contribution in [3.05, 3.63) is 72.4 Å². The maximum atomic E-state index is 13.5. The Morgan fingerprint density at radius 1 is 1.03 bits per heavy atom. The summed E-state index contributed by atoms with van der Waals surface area (Å²) in [5.74, 6) is 0. The summed E-state index contributed by atoms with van der Waals surface area (Å²) in [6.07, 6.45) is -3.01. The van der Waals surface area contributed by atoms with Crippen LogP contribution in [0, 0.1) is 0 Å². The summed E-state index contributed by atoms with van der Waals surface area (Å²) in [6, 6.07) is 14.7. The fourth-order valence-electron chi connectivity index (χ4n) is 3.66. The molecule has 1 aromatic heterocycles. The molecule has 0 saturated heterocycles. The number of rotatable bonds is 4. The second-order valence-electron chi connectivity index (χ2n) is 7.31. The monoisotopic (exact) mass is 505 g/mol. The molecule has 12 heteroatoms. The van der Waals surface area contributed by atoms with Crippen molar-refractivity contribution in [2.75, 3.05) is 0 Å². The number of amidine groups is 1. The second-order valence-corrected chi connectivity index (χ2v) is 9.57. The lowest BCUT2D eigenvalue weighted by atomic mass is 9.92. The Balaban J connectivity index is 1.94. The second kappa shape index (κ2) is 8.78. The Hall–Kier alpha value is -3.35. The van der Waals surface area contributed by atoms with E-state index in [1.165, 1.54) is 29.1 Å². The first-order valence-corrected chi connectivity index (χ1v) is 12.0. The molecule has 0 spiro atoms. The topological polar surface area (TPSA) is 116 Å². The quantitative estimate of drug-likeness (QED) is 0.239. The molecule has 0 bridgehead atoms. The number of aromatic nitrogens is 2. The van der Waals surface area contributed by atoms with Crippen molar-refractivity contribution in [1.82, 2.24) is 9.78 Å². The molecule has 0 atom stereocenters. The van der Waals surface area contributed by atoms with Gasteiger partial charge in [-0.25, -0.2) is 0 Å². The number of hydrogen-bond donors (Lipinski definition) is 2. The normalized spacial score (nSPS) is 12.9. The van der Waals surface area contributed by atoms with Gasteiger partial charge in [-0.2, -0.15) is 26.7 Å². The number of benzene rings is 3. The first-order valence-electron chi connectivity index (χ1n) is 9.71. The molecule has 1 heterocycles. The summed E-state index contributed by atoms with van der Waals surface area (Å²) in [6.45, 7) is 0. The molecule has 0 fully saturated rings. The molecular weight excluding hydrogens is 487 g/mol. The number of alkyl halides is 3. The molecule has 0 saturated carbocycles. The van der Waals surface area contributed by atoms with E-state index in [4.69, 9.17) is 10.9 Å². The van der Waals surface area contributed by atoms with Crippen LogP contribution in [0.25, 0.3) is 33.2 Å². The van der Waals surface area contributed by atoms with Gasteiger partial charge in [0.1, 0.15) is 0 Å². The SMILES string of the molecule is Cn1nccc1-c1cc(C(F)(F)F)ccc1-c1cccc2cc(S(=O)(=O)N=C(N)SN)ccc12. The van der Waals surface area contributed by atoms with Crippen LogP contribution in [-0.4, -0.2) is 23.4 Å². The number of sulfonamides is 1. The highest BCUT2D eigenvalue weighted by molar-refractivity contribution is 8.12. The van der Waals surface area contributed by atoms with Gasteiger partial charge in [0, 0.05) is 18.8 Å². The fourth-order valence-corrected chi connectivity index (χ4v) is 4.98. The van der Waals surface area contributed by atoms with Gasteiger partial charge in [-0.15, -0.1) is 4.40 Å². The van der Waals surface area contributed by atoms with Gasteiger partial charge in [0.2, 0.25) is 0 Å². The molecular formula is C22H18F3N5O2S2. The minimum atomic E-state index is -4.52. The lowest BCUT2D eigenvalue weighted by molar-refractivity contribution is -0.137. The summed E-state index contributed by atoms with van der Waals surface area (Å²) in [5.41, 5.74) is 6.68. The minimum Gasteiger partial charge on any atom is -0.377 e. The molecule has 0 amide bonds. The Morgan fingerprint density at radius 3 is 2.44 bits per heavy atom. The van der Waals surface area contributed by atoms with E-state index in [1.54, 1.807) is 37.4 Å². The van der Waals surface area contributed by atoms with Crippen LogP contribution >= 0.6 is 11.9 Å². The van der Waals surface area contributed by atoms with Crippen LogP contribution in [0.15, 0.2) is 76.2 Å². The number of fused-ring (bicyclic) bond motifs is 1. The number of nitrogens with zero attached hydrogens (tertiary/aromatic N) is 3. The van der Waals surface area contributed by atoms with Gasteiger partial charge < -0.3 is 5.73 Å². The van der Waals surface area contributed by atoms with Gasteiger partial charge in [-0.1, -0.05) is 30.3 Å². The van der Waals surface area contributed by atoms with Crippen LogP contribution in [0.1, 0.15) is 5.56 Å². The maximum absolute atomic E-state index is 13.5. The van der Waals surface area contributed by atoms with E-state index in [0.717, 1.165) is 12.1 Å². The van der Waals surface area contributed by atoms with Crippen LogP contribution in [-0.2, 0) is 23.2 Å². The van der Waals surface area contributed by atoms with E-state index in [1.807, 2.05) is 0 Å². The summed E-state index contributed by atoms with van der Waals surface area (Å²) in [7, 11) is -2.44. The lowest BCUT2D eigenvalue weighted by Crippen LogP contribution is -2.12. The molecule has 34 heavy (non-hydrogen) atoms. The highest BCUT2D eigenvalue weighted by Crippen LogP contribution is 2.40. The predicted octanol–water partition coefficient (Wildman–Crippen LogP) is 4.54. The maximum Gasteiger partial charge on any atom is 0.416 e. The van der Waals surface area contributed by atoms with Crippen molar-refractivity contribution < 1.29 is 21.6 Å². The standard InChI is InChI=1S/C22H18F3N5O2S2/c1-30-20(9-10-28-30)19-12-14(22(23,24)25)5-7-18(19)17-4-2-3-13-11-15(6-8-16(13)17)34(31,32)29-21(26)33-27/h2-12H,27H2,1H3,(H2,26,29). The Kier molecular flexibility index (Phi) is 6.14. The minimum absolute atomic E-state index is 0.0894. The van der Waals surface area contributed by atoms with Crippen LogP contribution in [0.3, 0.4) is 0 Å². The zero-order valence-corrected chi connectivity index (χ0v) is 19.2. The summed E-state index contributed by atoms with van der Waals surface area (Å²) < 4.78 is 70.4. The third-order valence-electron chi connectivity index (χ3n) is 5.21. The number of hydrogen-bond acceptors (Lipinski definition) is 5. The van der Waals surface area contributed by atoms with Crippen molar-refractivity contribution in [3.63, 3.8) is 0 Å². The van der Waals surface area contributed by atoms with Crippen molar-refractivity contribution in [2.45, 2.75) is 11.1 Å². The van der Waals surface area contributed by atoms with Crippen LogP contribution in [0.2, 0.25) is 0 Å². The average molecular weight is 506 g/mol. The first-order chi connectivity index (χ1) is 16.0. The molecule has 176 valence electrons. The van der Waals surface area contributed by atoms with Crippen LogP contribution in [0.4, 0.5) is 13.2 Å². The largest absolute Gasteiger partial charge is 0.416 e. The Bertz CT molecular complexity index is 1530. The van der Waals surface area contributed by atoms with E-state index < -0.39 is 21.8 Å². The van der Waals surface area contributed by atoms with Gasteiger partial charge in [-0.3, -0.25) is 9.82 Å². The molecule has 4 N–H and O–H groups in total. The van der Waals surface area contributed by atoms with Gasteiger partial charge in [-0.05, 0) is 64.2 Å². The molecule has 0 aliphatic rings. The highest BCUT2D eigenvalue weighted by atomic mass is 32.2. The van der Waals surface area contributed by atoms with E-state index in [9.17, 15) is 21.6 Å². The number of aryl methyl sites for hydroxylation is 1. The predicted molar refractivity (Wildman–Crippen MR) is 127 cm³/mol. The van der Waals surface area contributed by atoms with E-state index in [-0.39, 0.29) is 10.1 Å². The zero-order valence-electron chi connectivity index (χ0n) is 17.6. The molecule has 0 unspecified atom stereocenters. The van der Waals surface area contributed by atoms with E-state index >= 15 is 0 Å². The lowest BCUT2D eigenvalue weighted by Gasteiger charge is -2.16. The molecule has 0 aliphatic carbocycles. The average Bonchev–Trinajstić information content (AvgIpc) is 3.22. The molecule has 7 nitrogen and oxygen atoms in total. The molecule has 4 aromatic rings. The molecule has 4 rings (SSSR count). The van der Waals surface area contributed by atoms with Gasteiger partial charge in [0.15, 0.2) is 5.17 Å². The van der Waals surface area contributed by atoms with E-state index in [0.29, 0.717) is 45.1 Å². The van der Waals surface area contributed by atoms with Crippen molar-refractivity contribution in [2.24, 2.45) is 22.3 Å². The number of nitrogens with two attached hydrogens (primary N) is 2. The summed E-state index contributed by atoms with van der Waals surface area (Å²) >= 11 is 0.515. The van der Waals surface area contributed by atoms with Gasteiger partial charge in [0.25, 0.3) is 10.0 Å². The molecule has 0 aliphatic heterocycles. The summed E-state index contributed by atoms with van der Waals surface area (Å²) in [5, 5.41) is 10.2. The first kappa shape index (κ1) is 23.8. The fraction of sp³-hybridized carbons (Fsp3) is 0.0909. The third-order valence-corrected chi connectivity index (χ3v) is 6.95. The smallest absolute Gasteiger partial charge is 0.377 e. The Morgan fingerprint density at radius 2 is 1.79 bits per heavy atom. The third kappa shape index (κ3) is 4.52. The van der Waals surface area contributed by atoms with Crippen LogP contribution < -0.4 is 10.9 Å².